The smallest absolute Gasteiger partial charge is 0.219 e. The predicted molar refractivity (Wildman–Crippen MR) is 107 cm³/mol. The third-order valence-corrected chi connectivity index (χ3v) is 5.42. The number of hydrogen-bond acceptors (Lipinski definition) is 4. The molecule has 0 bridgehead atoms. The lowest BCUT2D eigenvalue weighted by Crippen LogP contribution is -2.37. The summed E-state index contributed by atoms with van der Waals surface area (Å²) in [7, 11) is 0. The van der Waals surface area contributed by atoms with E-state index in [0.29, 0.717) is 17.5 Å². The van der Waals surface area contributed by atoms with E-state index in [1.54, 1.807) is 6.92 Å². The van der Waals surface area contributed by atoms with Crippen molar-refractivity contribution in [2.24, 2.45) is 0 Å². The molecule has 0 saturated carbocycles. The van der Waals surface area contributed by atoms with Gasteiger partial charge in [-0.1, -0.05) is 30.3 Å². The number of amides is 1. The molecule has 1 saturated heterocycles. The number of hydrogen-bond donors (Lipinski definition) is 0. The van der Waals surface area contributed by atoms with Crippen molar-refractivity contribution in [3.05, 3.63) is 59.6 Å². The fraction of sp³-hybridized carbons (Fsp3) is 0.409. The van der Waals surface area contributed by atoms with Crippen molar-refractivity contribution in [3.63, 3.8) is 0 Å². The van der Waals surface area contributed by atoms with Crippen LogP contribution >= 0.6 is 0 Å². The van der Waals surface area contributed by atoms with Crippen molar-refractivity contribution in [2.45, 2.75) is 45.6 Å². The molecule has 1 aromatic carbocycles. The van der Waals surface area contributed by atoms with Gasteiger partial charge in [0.25, 0.3) is 0 Å². The van der Waals surface area contributed by atoms with Crippen molar-refractivity contribution in [1.29, 1.82) is 0 Å². The lowest BCUT2D eigenvalue weighted by Gasteiger charge is -2.30. The number of carbonyl (C=O) groups excluding carboxylic acids is 1. The summed E-state index contributed by atoms with van der Waals surface area (Å²) < 4.78 is 7.78. The van der Waals surface area contributed by atoms with Crippen LogP contribution in [0.2, 0.25) is 0 Å². The molecule has 1 aliphatic heterocycles. The number of aromatic nitrogens is 3. The monoisotopic (exact) mass is 378 g/mol. The fourth-order valence-electron chi connectivity index (χ4n) is 3.81. The van der Waals surface area contributed by atoms with Gasteiger partial charge in [0.1, 0.15) is 11.6 Å². The second-order valence-corrected chi connectivity index (χ2v) is 7.44. The van der Waals surface area contributed by atoms with Crippen LogP contribution in [0, 0.1) is 6.92 Å². The van der Waals surface area contributed by atoms with Crippen LogP contribution in [0.25, 0.3) is 11.6 Å². The number of piperidine rings is 1. The van der Waals surface area contributed by atoms with Gasteiger partial charge >= 0.3 is 0 Å². The van der Waals surface area contributed by atoms with E-state index in [1.165, 1.54) is 5.56 Å². The van der Waals surface area contributed by atoms with E-state index in [2.05, 4.69) is 24.3 Å². The first-order valence-corrected chi connectivity index (χ1v) is 9.91. The zero-order chi connectivity index (χ0) is 19.5. The van der Waals surface area contributed by atoms with Crippen molar-refractivity contribution < 1.29 is 9.21 Å². The number of nitrogens with zero attached hydrogens (tertiary/aromatic N) is 4. The Morgan fingerprint density at radius 2 is 1.89 bits per heavy atom. The molecule has 0 N–H and O–H groups in total. The molecular weight excluding hydrogens is 352 g/mol. The van der Waals surface area contributed by atoms with E-state index >= 15 is 0 Å². The molecule has 3 aromatic rings. The topological polar surface area (TPSA) is 64.2 Å². The van der Waals surface area contributed by atoms with Gasteiger partial charge in [-0.3, -0.25) is 4.79 Å². The molecular formula is C22H26N4O2. The number of carbonyl (C=O) groups is 1. The van der Waals surface area contributed by atoms with Gasteiger partial charge in [0, 0.05) is 32.5 Å². The molecule has 0 spiro atoms. The van der Waals surface area contributed by atoms with Gasteiger partial charge in [-0.05, 0) is 43.9 Å². The summed E-state index contributed by atoms with van der Waals surface area (Å²) in [6.45, 7) is 5.90. The lowest BCUT2D eigenvalue weighted by atomic mass is 9.96. The number of aryl methyl sites for hydroxylation is 3. The van der Waals surface area contributed by atoms with E-state index in [9.17, 15) is 4.79 Å². The quantitative estimate of drug-likeness (QED) is 0.677. The Bertz CT molecular complexity index is 937. The Balaban J connectivity index is 1.57. The maximum absolute atomic E-state index is 11.6. The summed E-state index contributed by atoms with van der Waals surface area (Å²) >= 11 is 0. The molecule has 0 atom stereocenters. The minimum atomic E-state index is 0.149. The standard InChI is InChI=1S/C22H26N4O2/c1-16-8-9-20(28-16)21-23-22(19-11-13-25(14-12-19)17(2)27)26(24-21)15-10-18-6-4-3-5-7-18/h3-9,19H,10-15H2,1-2H3. The largest absolute Gasteiger partial charge is 0.458 e. The van der Waals surface area contributed by atoms with Crippen LogP contribution in [0.1, 0.15) is 42.8 Å². The SMILES string of the molecule is CC(=O)N1CCC(c2nc(-c3ccc(C)o3)nn2CCc2ccccc2)CC1. The van der Waals surface area contributed by atoms with E-state index in [4.69, 9.17) is 14.5 Å². The first kappa shape index (κ1) is 18.5. The van der Waals surface area contributed by atoms with Crippen LogP contribution < -0.4 is 0 Å². The third-order valence-electron chi connectivity index (χ3n) is 5.42. The van der Waals surface area contributed by atoms with Gasteiger partial charge in [0.2, 0.25) is 11.7 Å². The highest BCUT2D eigenvalue weighted by Crippen LogP contribution is 2.29. The highest BCUT2D eigenvalue weighted by Gasteiger charge is 2.27. The Labute approximate surface area is 165 Å². The zero-order valence-electron chi connectivity index (χ0n) is 16.5. The highest BCUT2D eigenvalue weighted by atomic mass is 16.3. The average Bonchev–Trinajstić information content (AvgIpc) is 3.33. The molecule has 1 fully saturated rings. The third kappa shape index (κ3) is 4.01. The highest BCUT2D eigenvalue weighted by molar-refractivity contribution is 5.73. The summed E-state index contributed by atoms with van der Waals surface area (Å²) in [5.74, 6) is 3.66. The lowest BCUT2D eigenvalue weighted by molar-refractivity contribution is -0.129. The minimum absolute atomic E-state index is 0.149. The molecule has 0 aliphatic carbocycles. The number of likely N-dealkylation sites (tertiary alicyclic amines) is 1. The predicted octanol–water partition coefficient (Wildman–Crippen LogP) is 3.82. The number of benzene rings is 1. The fourth-order valence-corrected chi connectivity index (χ4v) is 3.81. The second kappa shape index (κ2) is 8.00. The van der Waals surface area contributed by atoms with Crippen LogP contribution in [0.4, 0.5) is 0 Å². The Kier molecular flexibility index (Phi) is 5.28. The first-order chi connectivity index (χ1) is 13.6. The number of furan rings is 1. The van der Waals surface area contributed by atoms with Crippen molar-refractivity contribution in [1.82, 2.24) is 19.7 Å². The summed E-state index contributed by atoms with van der Waals surface area (Å²) in [5.41, 5.74) is 1.28. The van der Waals surface area contributed by atoms with Crippen LogP contribution in [-0.4, -0.2) is 38.7 Å². The molecule has 2 aromatic heterocycles. The summed E-state index contributed by atoms with van der Waals surface area (Å²) in [4.78, 5) is 18.4. The van der Waals surface area contributed by atoms with Gasteiger partial charge in [-0.25, -0.2) is 9.67 Å². The van der Waals surface area contributed by atoms with Gasteiger partial charge in [0.05, 0.1) is 0 Å². The molecule has 1 amide bonds. The molecule has 6 nitrogen and oxygen atoms in total. The summed E-state index contributed by atoms with van der Waals surface area (Å²) in [6.07, 6.45) is 2.74. The van der Waals surface area contributed by atoms with Crippen molar-refractivity contribution in [3.8, 4) is 11.6 Å². The van der Waals surface area contributed by atoms with Crippen LogP contribution in [0.3, 0.4) is 0 Å². The van der Waals surface area contributed by atoms with Gasteiger partial charge in [-0.15, -0.1) is 5.10 Å². The van der Waals surface area contributed by atoms with Gasteiger partial charge in [0.15, 0.2) is 5.76 Å². The first-order valence-electron chi connectivity index (χ1n) is 9.91. The number of rotatable bonds is 5. The Morgan fingerprint density at radius 1 is 1.14 bits per heavy atom. The van der Waals surface area contributed by atoms with Gasteiger partial charge < -0.3 is 9.32 Å². The average molecular weight is 378 g/mol. The molecule has 3 heterocycles. The van der Waals surface area contributed by atoms with E-state index in [-0.39, 0.29) is 5.91 Å². The molecule has 146 valence electrons. The minimum Gasteiger partial charge on any atom is -0.458 e. The van der Waals surface area contributed by atoms with Crippen LogP contribution in [0.5, 0.6) is 0 Å². The van der Waals surface area contributed by atoms with Crippen molar-refractivity contribution >= 4 is 5.91 Å². The summed E-state index contributed by atoms with van der Waals surface area (Å²) in [6, 6.07) is 14.3. The zero-order valence-corrected chi connectivity index (χ0v) is 16.5. The van der Waals surface area contributed by atoms with Crippen LogP contribution in [-0.2, 0) is 17.8 Å². The Hall–Kier alpha value is -2.89. The molecule has 0 radical (unpaired) electrons. The molecule has 28 heavy (non-hydrogen) atoms. The maximum Gasteiger partial charge on any atom is 0.219 e. The molecule has 1 aliphatic rings. The Morgan fingerprint density at radius 3 is 2.54 bits per heavy atom. The van der Waals surface area contributed by atoms with E-state index in [0.717, 1.165) is 50.5 Å². The van der Waals surface area contributed by atoms with Crippen molar-refractivity contribution in [2.75, 3.05) is 13.1 Å². The molecule has 6 heteroatoms. The molecule has 0 unspecified atom stereocenters. The van der Waals surface area contributed by atoms with Gasteiger partial charge in [-0.2, -0.15) is 0 Å². The van der Waals surface area contributed by atoms with E-state index in [1.807, 2.05) is 34.7 Å². The molecule has 4 rings (SSSR count). The van der Waals surface area contributed by atoms with Crippen LogP contribution in [0.15, 0.2) is 46.9 Å². The van der Waals surface area contributed by atoms with E-state index < -0.39 is 0 Å². The normalized spacial score (nSPS) is 15.1. The second-order valence-electron chi connectivity index (χ2n) is 7.44. The maximum atomic E-state index is 11.6. The summed E-state index contributed by atoms with van der Waals surface area (Å²) in [5, 5.41) is 4.77.